The Hall–Kier alpha value is -2.53. The number of thiazole rings is 1. The Bertz CT molecular complexity index is 1200. The molecule has 1 N–H and O–H groups in total. The Morgan fingerprint density at radius 3 is 2.55 bits per heavy atom. The predicted molar refractivity (Wildman–Crippen MR) is 112 cm³/mol. The number of fused-ring (bicyclic) bond motifs is 1. The Balaban J connectivity index is 1.54. The second-order valence-corrected chi connectivity index (χ2v) is 8.92. The molecule has 0 saturated heterocycles. The van der Waals surface area contributed by atoms with Crippen molar-refractivity contribution < 1.29 is 31.1 Å². The molecule has 1 aliphatic carbocycles. The van der Waals surface area contributed by atoms with Gasteiger partial charge in [-0.3, -0.25) is 4.79 Å². The van der Waals surface area contributed by atoms with Crippen LogP contribution in [0.3, 0.4) is 0 Å². The van der Waals surface area contributed by atoms with E-state index in [4.69, 9.17) is 11.6 Å². The number of alkyl halides is 6. The molecule has 0 saturated carbocycles. The normalized spacial score (nSPS) is 14.3. The quantitative estimate of drug-likeness (QED) is 0.394. The highest BCUT2D eigenvalue weighted by atomic mass is 35.5. The van der Waals surface area contributed by atoms with Crippen LogP contribution in [0.4, 0.5) is 32.0 Å². The lowest BCUT2D eigenvalue weighted by Gasteiger charge is -2.16. The second-order valence-electron chi connectivity index (χ2n) is 7.57. The number of nitrogens with one attached hydrogen (secondary N) is 1. The molecule has 0 spiro atoms. The molecule has 0 atom stereocenters. The van der Waals surface area contributed by atoms with Crippen LogP contribution in [-0.2, 0) is 31.7 Å². The van der Waals surface area contributed by atoms with Crippen molar-refractivity contribution in [2.75, 3.05) is 5.32 Å². The van der Waals surface area contributed by atoms with E-state index >= 15 is 0 Å². The zero-order chi connectivity index (χ0) is 24.0. The molecule has 0 unspecified atom stereocenters. The highest BCUT2D eigenvalue weighted by Gasteiger charge is 2.37. The fourth-order valence-corrected chi connectivity index (χ4v) is 4.75. The molecule has 4 nitrogen and oxygen atoms in total. The first kappa shape index (κ1) is 23.6. The number of carbonyl (C=O) groups excluding carboxylic acids is 1. The molecule has 1 aromatic carbocycles. The number of hydrogen-bond donors (Lipinski definition) is 1. The van der Waals surface area contributed by atoms with E-state index in [-0.39, 0.29) is 22.9 Å². The first-order valence-corrected chi connectivity index (χ1v) is 11.1. The van der Waals surface area contributed by atoms with E-state index in [1.165, 1.54) is 9.95 Å². The van der Waals surface area contributed by atoms with Crippen LogP contribution in [0.5, 0.6) is 0 Å². The van der Waals surface area contributed by atoms with Crippen molar-refractivity contribution >= 4 is 34.5 Å². The highest BCUT2D eigenvalue weighted by molar-refractivity contribution is 7.09. The molecule has 2 heterocycles. The number of halogens is 7. The molecule has 33 heavy (non-hydrogen) atoms. The van der Waals surface area contributed by atoms with E-state index in [0.29, 0.717) is 35.5 Å². The molecule has 1 amide bonds. The van der Waals surface area contributed by atoms with E-state index in [9.17, 15) is 31.1 Å². The lowest BCUT2D eigenvalue weighted by atomic mass is 9.95. The van der Waals surface area contributed by atoms with Crippen LogP contribution in [0.25, 0.3) is 0 Å². The fourth-order valence-electron chi connectivity index (χ4n) is 3.81. The Morgan fingerprint density at radius 2 is 1.85 bits per heavy atom. The third kappa shape index (κ3) is 5.03. The minimum absolute atomic E-state index is 0.0562. The molecule has 1 aliphatic rings. The van der Waals surface area contributed by atoms with Crippen LogP contribution in [0, 0.1) is 0 Å². The molecule has 12 heteroatoms. The van der Waals surface area contributed by atoms with Crippen LogP contribution in [0.2, 0.25) is 5.02 Å². The van der Waals surface area contributed by atoms with Crippen molar-refractivity contribution in [1.29, 1.82) is 0 Å². The summed E-state index contributed by atoms with van der Waals surface area (Å²) < 4.78 is 80.6. The Morgan fingerprint density at radius 1 is 1.12 bits per heavy atom. The summed E-state index contributed by atoms with van der Waals surface area (Å²) in [7, 11) is 0. The molecule has 4 rings (SSSR count). The van der Waals surface area contributed by atoms with Gasteiger partial charge in [-0.2, -0.15) is 26.3 Å². The number of nitrogens with zero attached hydrogens (tertiary/aromatic N) is 2. The summed E-state index contributed by atoms with van der Waals surface area (Å²) in [6.07, 6.45) is -5.61. The summed E-state index contributed by atoms with van der Waals surface area (Å²) in [6, 6.07) is 2.55. The van der Waals surface area contributed by atoms with Crippen molar-refractivity contribution in [3.63, 3.8) is 0 Å². The Kier molecular flexibility index (Phi) is 6.21. The summed E-state index contributed by atoms with van der Waals surface area (Å²) in [6.45, 7) is 0.0562. The molecule has 3 aromatic rings. The van der Waals surface area contributed by atoms with E-state index in [2.05, 4.69) is 10.3 Å². The van der Waals surface area contributed by atoms with Crippen molar-refractivity contribution in [3.8, 4) is 0 Å². The highest BCUT2D eigenvalue weighted by Crippen LogP contribution is 2.38. The van der Waals surface area contributed by atoms with E-state index in [0.717, 1.165) is 42.2 Å². The number of carbonyl (C=O) groups is 1. The maximum Gasteiger partial charge on any atom is 0.418 e. The zero-order valence-corrected chi connectivity index (χ0v) is 18.4. The third-order valence-corrected chi connectivity index (χ3v) is 6.50. The van der Waals surface area contributed by atoms with Gasteiger partial charge in [-0.05, 0) is 49.4 Å². The average Bonchev–Trinajstić information content (AvgIpc) is 3.34. The summed E-state index contributed by atoms with van der Waals surface area (Å²) in [5, 5.41) is 4.02. The number of anilines is 1. The molecule has 0 aliphatic heterocycles. The first-order chi connectivity index (χ1) is 15.4. The standard InChI is InChI=1S/C21H16ClF6N3OS/c22-14-6-5-11(20(23,24)25)7-15(14)30-19(32)16-10-33-18(29-16)9-31-8-13(21(26,27)28)12-3-1-2-4-17(12)31/h5-8,10H,1-4,9H2,(H,30,32). The van der Waals surface area contributed by atoms with Crippen LogP contribution in [0.1, 0.15) is 50.7 Å². The fraction of sp³-hybridized carbons (Fsp3) is 0.333. The summed E-state index contributed by atoms with van der Waals surface area (Å²) in [5.41, 5.74) is -0.987. The van der Waals surface area contributed by atoms with Gasteiger partial charge in [0, 0.05) is 17.3 Å². The van der Waals surface area contributed by atoms with E-state index in [1.807, 2.05) is 0 Å². The van der Waals surface area contributed by atoms with Gasteiger partial charge in [0.1, 0.15) is 10.7 Å². The first-order valence-electron chi connectivity index (χ1n) is 9.84. The van der Waals surface area contributed by atoms with Gasteiger partial charge in [-0.25, -0.2) is 4.98 Å². The van der Waals surface area contributed by atoms with Gasteiger partial charge < -0.3 is 9.88 Å². The van der Waals surface area contributed by atoms with Gasteiger partial charge >= 0.3 is 12.4 Å². The summed E-state index contributed by atoms with van der Waals surface area (Å²) in [4.78, 5) is 16.7. The molecule has 2 aromatic heterocycles. The number of hydrogen-bond acceptors (Lipinski definition) is 3. The summed E-state index contributed by atoms with van der Waals surface area (Å²) >= 11 is 6.98. The SMILES string of the molecule is O=C(Nc1cc(C(F)(F)F)ccc1Cl)c1csc(Cn2cc(C(F)(F)F)c3c2CCCC3)n1. The van der Waals surface area contributed by atoms with Crippen LogP contribution in [-0.4, -0.2) is 15.5 Å². The van der Waals surface area contributed by atoms with Gasteiger partial charge in [0.25, 0.3) is 5.91 Å². The molecule has 176 valence electrons. The average molecular weight is 508 g/mol. The molecule has 0 fully saturated rings. The van der Waals surface area contributed by atoms with Gasteiger partial charge in [-0.15, -0.1) is 11.3 Å². The van der Waals surface area contributed by atoms with Gasteiger partial charge in [0.05, 0.1) is 28.4 Å². The van der Waals surface area contributed by atoms with Crippen LogP contribution >= 0.6 is 22.9 Å². The minimum atomic E-state index is -4.61. The second kappa shape index (κ2) is 8.68. The van der Waals surface area contributed by atoms with Crippen molar-refractivity contribution in [3.05, 3.63) is 67.9 Å². The van der Waals surface area contributed by atoms with Gasteiger partial charge in [0.2, 0.25) is 0 Å². The molecule has 0 radical (unpaired) electrons. The Labute approximate surface area is 193 Å². The van der Waals surface area contributed by atoms with Crippen molar-refractivity contribution in [1.82, 2.24) is 9.55 Å². The van der Waals surface area contributed by atoms with Crippen LogP contribution in [0.15, 0.2) is 29.8 Å². The number of aromatic nitrogens is 2. The summed E-state index contributed by atoms with van der Waals surface area (Å²) in [5.74, 6) is -0.774. The van der Waals surface area contributed by atoms with Crippen molar-refractivity contribution in [2.24, 2.45) is 0 Å². The maximum atomic E-state index is 13.4. The molecule has 0 bridgehead atoms. The van der Waals surface area contributed by atoms with E-state index < -0.39 is 29.4 Å². The zero-order valence-electron chi connectivity index (χ0n) is 16.8. The lowest BCUT2D eigenvalue weighted by Crippen LogP contribution is -2.14. The van der Waals surface area contributed by atoms with E-state index in [1.54, 1.807) is 0 Å². The lowest BCUT2D eigenvalue weighted by molar-refractivity contribution is -0.138. The number of rotatable bonds is 4. The van der Waals surface area contributed by atoms with Gasteiger partial charge in [-0.1, -0.05) is 11.6 Å². The number of benzene rings is 1. The van der Waals surface area contributed by atoms with Crippen LogP contribution < -0.4 is 5.32 Å². The third-order valence-electron chi connectivity index (χ3n) is 5.33. The topological polar surface area (TPSA) is 46.9 Å². The minimum Gasteiger partial charge on any atom is -0.344 e. The largest absolute Gasteiger partial charge is 0.418 e. The van der Waals surface area contributed by atoms with Crippen molar-refractivity contribution in [2.45, 2.75) is 44.6 Å². The smallest absolute Gasteiger partial charge is 0.344 e. The molecular formula is C21H16ClF6N3OS. The monoisotopic (exact) mass is 507 g/mol. The maximum absolute atomic E-state index is 13.4. The van der Waals surface area contributed by atoms with Gasteiger partial charge in [0.15, 0.2) is 0 Å². The predicted octanol–water partition coefficient (Wildman–Crippen LogP) is 6.82. The number of amides is 1. The molecular weight excluding hydrogens is 492 g/mol.